The third-order valence-electron chi connectivity index (χ3n) is 2.44. The molecule has 2 heteroatoms. The maximum absolute atomic E-state index is 5.87. The number of aromatic nitrogens is 1. The van der Waals surface area contributed by atoms with Gasteiger partial charge in [0.05, 0.1) is 0 Å². The smallest absolute Gasteiger partial charge is 0.0460 e. The normalized spacial score (nSPS) is 13.5. The van der Waals surface area contributed by atoms with Crippen LogP contribution in [0.2, 0.25) is 0 Å². The molecule has 2 aromatic rings. The van der Waals surface area contributed by atoms with E-state index in [0.717, 1.165) is 0 Å². The molecule has 0 amide bonds. The topological polar surface area (TPSA) is 41.8 Å². The first-order chi connectivity index (χ1) is 6.20. The number of aryl methyl sites for hydroxylation is 1. The third-order valence-corrected chi connectivity index (χ3v) is 2.44. The van der Waals surface area contributed by atoms with Gasteiger partial charge in [-0.05, 0) is 31.0 Å². The van der Waals surface area contributed by atoms with Gasteiger partial charge < -0.3 is 10.7 Å². The van der Waals surface area contributed by atoms with Gasteiger partial charge in [-0.1, -0.05) is 12.1 Å². The highest BCUT2D eigenvalue weighted by Crippen LogP contribution is 2.25. The van der Waals surface area contributed by atoms with Crippen LogP contribution < -0.4 is 5.73 Å². The van der Waals surface area contributed by atoms with E-state index in [1.165, 1.54) is 22.0 Å². The molecule has 0 fully saturated rings. The Kier molecular flexibility index (Phi) is 1.85. The standard InChI is InChI=1S/C11H14N2/c1-7-4-3-5-10-11(7)9(6-13-10)8(2)12/h3-6,8,13H,12H2,1-2H3/t8-/m1/s1. The zero-order chi connectivity index (χ0) is 9.42. The molecule has 0 aliphatic carbocycles. The summed E-state index contributed by atoms with van der Waals surface area (Å²) in [5.74, 6) is 0. The predicted molar refractivity (Wildman–Crippen MR) is 55.6 cm³/mol. The molecule has 0 saturated carbocycles. The second-order valence-electron chi connectivity index (χ2n) is 3.53. The quantitative estimate of drug-likeness (QED) is 0.685. The van der Waals surface area contributed by atoms with Gasteiger partial charge in [0.2, 0.25) is 0 Å². The molecule has 1 aromatic heterocycles. The van der Waals surface area contributed by atoms with E-state index >= 15 is 0 Å². The number of nitrogens with one attached hydrogen (secondary N) is 1. The van der Waals surface area contributed by atoms with Gasteiger partial charge >= 0.3 is 0 Å². The van der Waals surface area contributed by atoms with Crippen molar-refractivity contribution in [3.05, 3.63) is 35.5 Å². The second kappa shape index (κ2) is 2.89. The molecular formula is C11H14N2. The molecule has 2 rings (SSSR count). The minimum atomic E-state index is 0.0925. The Hall–Kier alpha value is -1.28. The fraction of sp³-hybridized carbons (Fsp3) is 0.273. The van der Waals surface area contributed by atoms with Crippen molar-refractivity contribution in [2.45, 2.75) is 19.9 Å². The van der Waals surface area contributed by atoms with Gasteiger partial charge in [0.15, 0.2) is 0 Å². The summed E-state index contributed by atoms with van der Waals surface area (Å²) in [5, 5.41) is 1.28. The number of hydrogen-bond acceptors (Lipinski definition) is 1. The van der Waals surface area contributed by atoms with Crippen molar-refractivity contribution in [2.75, 3.05) is 0 Å². The molecule has 1 atom stereocenters. The lowest BCUT2D eigenvalue weighted by Gasteiger charge is -2.04. The maximum Gasteiger partial charge on any atom is 0.0460 e. The Morgan fingerprint density at radius 2 is 2.15 bits per heavy atom. The van der Waals surface area contributed by atoms with E-state index < -0.39 is 0 Å². The van der Waals surface area contributed by atoms with Crippen LogP contribution in [0.15, 0.2) is 24.4 Å². The number of benzene rings is 1. The Bertz CT molecular complexity index is 427. The molecule has 68 valence electrons. The monoisotopic (exact) mass is 174 g/mol. The summed E-state index contributed by atoms with van der Waals surface area (Å²) in [4.78, 5) is 3.23. The van der Waals surface area contributed by atoms with Crippen molar-refractivity contribution in [3.63, 3.8) is 0 Å². The molecule has 0 bridgehead atoms. The van der Waals surface area contributed by atoms with E-state index in [1.807, 2.05) is 13.1 Å². The van der Waals surface area contributed by atoms with Crippen LogP contribution in [-0.2, 0) is 0 Å². The van der Waals surface area contributed by atoms with Crippen molar-refractivity contribution >= 4 is 10.9 Å². The van der Waals surface area contributed by atoms with Gasteiger partial charge in [0.1, 0.15) is 0 Å². The minimum absolute atomic E-state index is 0.0925. The molecule has 0 radical (unpaired) electrons. The molecule has 0 spiro atoms. The van der Waals surface area contributed by atoms with E-state index in [2.05, 4.69) is 30.1 Å². The van der Waals surface area contributed by atoms with Crippen LogP contribution in [0.4, 0.5) is 0 Å². The Morgan fingerprint density at radius 1 is 1.38 bits per heavy atom. The van der Waals surface area contributed by atoms with Gasteiger partial charge in [0.25, 0.3) is 0 Å². The van der Waals surface area contributed by atoms with Crippen molar-refractivity contribution in [3.8, 4) is 0 Å². The average Bonchev–Trinajstić information content (AvgIpc) is 2.49. The average molecular weight is 174 g/mol. The summed E-state index contributed by atoms with van der Waals surface area (Å²) >= 11 is 0. The first kappa shape index (κ1) is 8.32. The van der Waals surface area contributed by atoms with Crippen molar-refractivity contribution in [1.29, 1.82) is 0 Å². The minimum Gasteiger partial charge on any atom is -0.361 e. The van der Waals surface area contributed by atoms with Crippen LogP contribution in [0.1, 0.15) is 24.1 Å². The predicted octanol–water partition coefficient (Wildman–Crippen LogP) is 2.50. The highest BCUT2D eigenvalue weighted by Gasteiger charge is 2.08. The maximum atomic E-state index is 5.87. The first-order valence-corrected chi connectivity index (χ1v) is 4.52. The molecular weight excluding hydrogens is 160 g/mol. The fourth-order valence-electron chi connectivity index (χ4n) is 1.76. The van der Waals surface area contributed by atoms with Gasteiger partial charge in [-0.3, -0.25) is 0 Å². The van der Waals surface area contributed by atoms with Crippen LogP contribution in [0, 0.1) is 6.92 Å². The second-order valence-corrected chi connectivity index (χ2v) is 3.53. The SMILES string of the molecule is Cc1cccc2[nH]cc([C@@H](C)N)c12. The van der Waals surface area contributed by atoms with E-state index in [0.29, 0.717) is 0 Å². The summed E-state index contributed by atoms with van der Waals surface area (Å²) in [5.41, 5.74) is 9.53. The molecule has 13 heavy (non-hydrogen) atoms. The lowest BCUT2D eigenvalue weighted by Crippen LogP contribution is -2.04. The number of rotatable bonds is 1. The van der Waals surface area contributed by atoms with Crippen LogP contribution in [0.3, 0.4) is 0 Å². The van der Waals surface area contributed by atoms with E-state index in [1.54, 1.807) is 0 Å². The Balaban J connectivity index is 2.79. The van der Waals surface area contributed by atoms with Crippen LogP contribution >= 0.6 is 0 Å². The molecule has 1 heterocycles. The van der Waals surface area contributed by atoms with E-state index in [4.69, 9.17) is 5.73 Å². The number of nitrogens with two attached hydrogens (primary N) is 1. The Labute approximate surface area is 77.8 Å². The molecule has 1 aromatic carbocycles. The molecule has 2 nitrogen and oxygen atoms in total. The van der Waals surface area contributed by atoms with Crippen molar-refractivity contribution in [2.24, 2.45) is 5.73 Å². The van der Waals surface area contributed by atoms with Crippen molar-refractivity contribution in [1.82, 2.24) is 4.98 Å². The number of hydrogen-bond donors (Lipinski definition) is 2. The zero-order valence-corrected chi connectivity index (χ0v) is 7.96. The van der Waals surface area contributed by atoms with Crippen LogP contribution in [-0.4, -0.2) is 4.98 Å². The highest BCUT2D eigenvalue weighted by atomic mass is 14.7. The lowest BCUT2D eigenvalue weighted by molar-refractivity contribution is 0.825. The van der Waals surface area contributed by atoms with E-state index in [9.17, 15) is 0 Å². The van der Waals surface area contributed by atoms with Gasteiger partial charge in [-0.2, -0.15) is 0 Å². The van der Waals surface area contributed by atoms with Crippen LogP contribution in [0.25, 0.3) is 10.9 Å². The molecule has 3 N–H and O–H groups in total. The first-order valence-electron chi connectivity index (χ1n) is 4.52. The zero-order valence-electron chi connectivity index (χ0n) is 7.96. The molecule has 0 saturated heterocycles. The lowest BCUT2D eigenvalue weighted by atomic mass is 10.0. The Morgan fingerprint density at radius 3 is 2.85 bits per heavy atom. The van der Waals surface area contributed by atoms with Crippen LogP contribution in [0.5, 0.6) is 0 Å². The van der Waals surface area contributed by atoms with Gasteiger partial charge in [-0.25, -0.2) is 0 Å². The molecule has 0 unspecified atom stereocenters. The molecule has 0 aliphatic heterocycles. The summed E-state index contributed by atoms with van der Waals surface area (Å²) < 4.78 is 0. The summed E-state index contributed by atoms with van der Waals surface area (Å²) in [6.07, 6.45) is 2.00. The van der Waals surface area contributed by atoms with Crippen molar-refractivity contribution < 1.29 is 0 Å². The fourth-order valence-corrected chi connectivity index (χ4v) is 1.76. The third kappa shape index (κ3) is 1.23. The summed E-state index contributed by atoms with van der Waals surface area (Å²) in [7, 11) is 0. The molecule has 0 aliphatic rings. The van der Waals surface area contributed by atoms with Gasteiger partial charge in [-0.15, -0.1) is 0 Å². The summed E-state index contributed by atoms with van der Waals surface area (Å²) in [6.45, 7) is 4.12. The van der Waals surface area contributed by atoms with E-state index in [-0.39, 0.29) is 6.04 Å². The summed E-state index contributed by atoms with van der Waals surface area (Å²) in [6, 6.07) is 6.34. The number of fused-ring (bicyclic) bond motifs is 1. The number of aromatic amines is 1. The highest BCUT2D eigenvalue weighted by molar-refractivity contribution is 5.86. The largest absolute Gasteiger partial charge is 0.361 e. The number of H-pyrrole nitrogens is 1. The van der Waals surface area contributed by atoms with Gasteiger partial charge in [0, 0.05) is 23.1 Å².